The molecule has 8 heteroatoms. The molecule has 0 aliphatic carbocycles. The van der Waals surface area contributed by atoms with E-state index in [0.29, 0.717) is 32.5 Å². The van der Waals surface area contributed by atoms with Gasteiger partial charge < -0.3 is 18.8 Å². The minimum Gasteiger partial charge on any atom is -0.462 e. The Morgan fingerprint density at radius 1 is 0.580 bits per heavy atom. The Morgan fingerprint density at radius 3 is 1.56 bits per heavy atom. The standard InChI is InChI=1S/C42H72N2O6/c1-3-5-7-9-11-19-25-36-48-40(45)30-23-17-13-15-21-28-39(50-42(47)32-27-34-44-35-33-43-38-44)29-22-16-14-18-24-31-41(46)49-37-26-20-12-10-8-6-4-2/h19-20,25-26,33,35,38-39H,3-18,21-24,27-32,34,36-37H2,1-2H3/b25-19-,26-20-. The molecular formula is C42H72N2O6. The average Bonchev–Trinajstić information content (AvgIpc) is 3.63. The molecule has 0 aliphatic rings. The highest BCUT2D eigenvalue weighted by molar-refractivity contribution is 5.70. The number of imidazole rings is 1. The number of allylic oxidation sites excluding steroid dienone is 2. The minimum absolute atomic E-state index is 0.0555. The van der Waals surface area contributed by atoms with E-state index < -0.39 is 0 Å². The van der Waals surface area contributed by atoms with Crippen LogP contribution in [0.3, 0.4) is 0 Å². The molecule has 0 bridgehead atoms. The summed E-state index contributed by atoms with van der Waals surface area (Å²) >= 11 is 0. The molecule has 1 heterocycles. The van der Waals surface area contributed by atoms with Crippen LogP contribution in [0.25, 0.3) is 0 Å². The maximum Gasteiger partial charge on any atom is 0.306 e. The van der Waals surface area contributed by atoms with Gasteiger partial charge in [0.1, 0.15) is 19.3 Å². The smallest absolute Gasteiger partial charge is 0.306 e. The first-order valence-corrected chi connectivity index (χ1v) is 20.3. The maximum atomic E-state index is 12.6. The molecule has 0 aliphatic heterocycles. The zero-order chi connectivity index (χ0) is 36.2. The Labute approximate surface area is 305 Å². The predicted molar refractivity (Wildman–Crippen MR) is 204 cm³/mol. The topological polar surface area (TPSA) is 96.7 Å². The van der Waals surface area contributed by atoms with Gasteiger partial charge in [0, 0.05) is 38.2 Å². The fourth-order valence-corrected chi connectivity index (χ4v) is 5.85. The lowest BCUT2D eigenvalue weighted by molar-refractivity contribution is -0.150. The van der Waals surface area contributed by atoms with E-state index in [-0.39, 0.29) is 24.0 Å². The summed E-state index contributed by atoms with van der Waals surface area (Å²) in [5.41, 5.74) is 0. The molecule has 50 heavy (non-hydrogen) atoms. The number of nitrogens with zero attached hydrogens (tertiary/aromatic N) is 2. The van der Waals surface area contributed by atoms with Crippen molar-refractivity contribution in [3.8, 4) is 0 Å². The Bertz CT molecular complexity index is 938. The number of carbonyl (C=O) groups excluding carboxylic acids is 3. The van der Waals surface area contributed by atoms with Crippen molar-refractivity contribution in [3.05, 3.63) is 43.0 Å². The van der Waals surface area contributed by atoms with E-state index in [4.69, 9.17) is 14.2 Å². The van der Waals surface area contributed by atoms with Gasteiger partial charge in [-0.15, -0.1) is 0 Å². The van der Waals surface area contributed by atoms with Crippen LogP contribution < -0.4 is 0 Å². The van der Waals surface area contributed by atoms with Crippen molar-refractivity contribution in [2.75, 3.05) is 13.2 Å². The molecule has 0 atom stereocenters. The fraction of sp³-hybridized carbons (Fsp3) is 0.762. The molecule has 0 aromatic carbocycles. The van der Waals surface area contributed by atoms with E-state index in [9.17, 15) is 14.4 Å². The van der Waals surface area contributed by atoms with Gasteiger partial charge in [0.25, 0.3) is 0 Å². The van der Waals surface area contributed by atoms with E-state index in [1.807, 2.05) is 22.9 Å². The van der Waals surface area contributed by atoms with Crippen molar-refractivity contribution in [2.45, 2.75) is 193 Å². The lowest BCUT2D eigenvalue weighted by atomic mass is 10.0. The molecule has 1 aromatic heterocycles. The van der Waals surface area contributed by atoms with Gasteiger partial charge in [-0.25, -0.2) is 4.98 Å². The summed E-state index contributed by atoms with van der Waals surface area (Å²) in [6.07, 6.45) is 39.4. The number of carbonyl (C=O) groups is 3. The molecule has 0 fully saturated rings. The zero-order valence-corrected chi connectivity index (χ0v) is 32.0. The predicted octanol–water partition coefficient (Wildman–Crippen LogP) is 11.2. The highest BCUT2D eigenvalue weighted by Crippen LogP contribution is 2.18. The first-order valence-electron chi connectivity index (χ1n) is 20.3. The van der Waals surface area contributed by atoms with Gasteiger partial charge in [-0.2, -0.15) is 0 Å². The number of aromatic nitrogens is 2. The number of ether oxygens (including phenoxy) is 3. The number of hydrogen-bond acceptors (Lipinski definition) is 7. The van der Waals surface area contributed by atoms with Crippen LogP contribution in [0.2, 0.25) is 0 Å². The van der Waals surface area contributed by atoms with Gasteiger partial charge >= 0.3 is 17.9 Å². The summed E-state index contributed by atoms with van der Waals surface area (Å²) in [5, 5.41) is 0. The fourth-order valence-electron chi connectivity index (χ4n) is 5.85. The van der Waals surface area contributed by atoms with Gasteiger partial charge in [-0.3, -0.25) is 14.4 Å². The molecule has 0 spiro atoms. The van der Waals surface area contributed by atoms with Crippen LogP contribution >= 0.6 is 0 Å². The van der Waals surface area contributed by atoms with Gasteiger partial charge in [0.2, 0.25) is 0 Å². The van der Waals surface area contributed by atoms with Crippen molar-refractivity contribution in [3.63, 3.8) is 0 Å². The van der Waals surface area contributed by atoms with Crippen LogP contribution in [0.15, 0.2) is 43.0 Å². The first kappa shape index (κ1) is 45.1. The third-order valence-electron chi connectivity index (χ3n) is 8.93. The van der Waals surface area contributed by atoms with Gasteiger partial charge in [-0.05, 0) is 70.6 Å². The van der Waals surface area contributed by atoms with E-state index in [1.165, 1.54) is 51.4 Å². The normalized spacial score (nSPS) is 11.6. The second-order valence-electron chi connectivity index (χ2n) is 13.6. The second-order valence-corrected chi connectivity index (χ2v) is 13.6. The van der Waals surface area contributed by atoms with E-state index >= 15 is 0 Å². The number of rotatable bonds is 35. The number of esters is 3. The van der Waals surface area contributed by atoms with Crippen molar-refractivity contribution in [1.82, 2.24) is 9.55 Å². The van der Waals surface area contributed by atoms with Crippen LogP contribution in [0.5, 0.6) is 0 Å². The van der Waals surface area contributed by atoms with Crippen molar-refractivity contribution in [1.29, 1.82) is 0 Å². The summed E-state index contributed by atoms with van der Waals surface area (Å²) in [5.74, 6) is -0.349. The average molecular weight is 701 g/mol. The third-order valence-corrected chi connectivity index (χ3v) is 8.93. The van der Waals surface area contributed by atoms with Gasteiger partial charge in [-0.1, -0.05) is 115 Å². The summed E-state index contributed by atoms with van der Waals surface area (Å²) < 4.78 is 18.6. The molecule has 0 unspecified atom stereocenters. The Morgan fingerprint density at radius 2 is 1.06 bits per heavy atom. The lowest BCUT2D eigenvalue weighted by Crippen LogP contribution is -2.18. The summed E-state index contributed by atoms with van der Waals surface area (Å²) in [6, 6.07) is 0. The molecule has 1 aromatic rings. The van der Waals surface area contributed by atoms with Gasteiger partial charge in [0.05, 0.1) is 6.33 Å². The molecule has 0 amide bonds. The van der Waals surface area contributed by atoms with E-state index in [1.54, 1.807) is 12.5 Å². The Balaban J connectivity index is 2.21. The number of aryl methyl sites for hydroxylation is 1. The highest BCUT2D eigenvalue weighted by atomic mass is 16.5. The van der Waals surface area contributed by atoms with Crippen LogP contribution in [-0.2, 0) is 35.1 Å². The summed E-state index contributed by atoms with van der Waals surface area (Å²) in [4.78, 5) is 40.7. The van der Waals surface area contributed by atoms with E-state index in [2.05, 4.69) is 31.0 Å². The first-order chi connectivity index (χ1) is 24.5. The second kappa shape index (κ2) is 34.5. The molecule has 0 N–H and O–H groups in total. The van der Waals surface area contributed by atoms with Crippen LogP contribution in [-0.4, -0.2) is 46.8 Å². The largest absolute Gasteiger partial charge is 0.462 e. The van der Waals surface area contributed by atoms with Crippen molar-refractivity contribution < 1.29 is 28.6 Å². The molecule has 286 valence electrons. The lowest BCUT2D eigenvalue weighted by Gasteiger charge is -2.18. The monoisotopic (exact) mass is 701 g/mol. The molecule has 0 radical (unpaired) electrons. The number of hydrogen-bond donors (Lipinski definition) is 0. The molecule has 0 saturated carbocycles. The van der Waals surface area contributed by atoms with Crippen LogP contribution in [0.4, 0.5) is 0 Å². The molecule has 0 saturated heterocycles. The summed E-state index contributed by atoms with van der Waals surface area (Å²) in [7, 11) is 0. The van der Waals surface area contributed by atoms with Crippen LogP contribution in [0.1, 0.15) is 181 Å². The summed E-state index contributed by atoms with van der Waals surface area (Å²) in [6.45, 7) is 5.94. The minimum atomic E-state index is -0.121. The SMILES string of the molecule is CCCCCC/C=C\COC(=O)CCCCCCCC(CCCCCCCC(=O)OC/C=C\CCCCCC)OC(=O)CCCn1ccnc1. The molecule has 8 nitrogen and oxygen atoms in total. The zero-order valence-electron chi connectivity index (χ0n) is 32.0. The van der Waals surface area contributed by atoms with Crippen molar-refractivity contribution in [2.24, 2.45) is 0 Å². The Hall–Kier alpha value is -2.90. The van der Waals surface area contributed by atoms with E-state index in [0.717, 1.165) is 103 Å². The quantitative estimate of drug-likeness (QED) is 0.0301. The Kier molecular flexibility index (Phi) is 31.2. The molecular weight excluding hydrogens is 628 g/mol. The third kappa shape index (κ3) is 30.0. The molecule has 1 rings (SSSR count). The van der Waals surface area contributed by atoms with Crippen LogP contribution in [0, 0.1) is 0 Å². The number of unbranched alkanes of at least 4 members (excludes halogenated alkanes) is 16. The maximum absolute atomic E-state index is 12.6. The van der Waals surface area contributed by atoms with Gasteiger partial charge in [0.15, 0.2) is 0 Å². The van der Waals surface area contributed by atoms with Crippen molar-refractivity contribution >= 4 is 17.9 Å². The highest BCUT2D eigenvalue weighted by Gasteiger charge is 2.14.